The van der Waals surface area contributed by atoms with E-state index in [9.17, 15) is 18.4 Å². The highest BCUT2D eigenvalue weighted by Gasteiger charge is 2.65. The average Bonchev–Trinajstić information content (AvgIpc) is 3.43. The van der Waals surface area contributed by atoms with Gasteiger partial charge >= 0.3 is 6.55 Å². The molecule has 1 aromatic carbocycles. The number of carbonyl (C=O) groups excluding carboxylic acids is 2. The highest BCUT2D eigenvalue weighted by Crippen LogP contribution is 2.51. The number of aromatic nitrogens is 2. The second-order valence-electron chi connectivity index (χ2n) is 7.27. The number of carbonyl (C=O) groups is 2. The number of halogens is 2. The van der Waals surface area contributed by atoms with Crippen molar-refractivity contribution in [3.05, 3.63) is 53.9 Å². The zero-order valence-corrected chi connectivity index (χ0v) is 14.9. The van der Waals surface area contributed by atoms with Gasteiger partial charge in [0.25, 0.3) is 5.91 Å². The molecule has 9 heteroatoms. The first-order valence-electron chi connectivity index (χ1n) is 9.16. The number of hydrogen-bond acceptors (Lipinski definition) is 4. The van der Waals surface area contributed by atoms with Crippen LogP contribution in [0.2, 0.25) is 0 Å². The summed E-state index contributed by atoms with van der Waals surface area (Å²) in [7, 11) is 0. The monoisotopic (exact) mass is 388 g/mol. The van der Waals surface area contributed by atoms with E-state index in [2.05, 4.69) is 5.10 Å². The molecule has 5 rings (SSSR count). The van der Waals surface area contributed by atoms with Gasteiger partial charge in [-0.05, 0) is 11.6 Å². The number of benzene rings is 1. The average molecular weight is 388 g/mol. The molecule has 0 saturated carbocycles. The van der Waals surface area contributed by atoms with Gasteiger partial charge in [-0.1, -0.05) is 30.3 Å². The van der Waals surface area contributed by atoms with Crippen molar-refractivity contribution in [3.8, 4) is 0 Å². The van der Waals surface area contributed by atoms with Crippen LogP contribution in [-0.2, 0) is 9.53 Å². The maximum absolute atomic E-state index is 12.9. The summed E-state index contributed by atoms with van der Waals surface area (Å²) in [4.78, 5) is 29.0. The van der Waals surface area contributed by atoms with Gasteiger partial charge in [0, 0.05) is 19.2 Å². The molecule has 2 aromatic rings. The van der Waals surface area contributed by atoms with Crippen LogP contribution >= 0.6 is 0 Å². The van der Waals surface area contributed by atoms with E-state index in [4.69, 9.17) is 4.74 Å². The van der Waals surface area contributed by atoms with Crippen molar-refractivity contribution in [1.29, 1.82) is 0 Å². The van der Waals surface area contributed by atoms with Crippen LogP contribution in [0, 0.1) is 0 Å². The molecule has 1 aromatic heterocycles. The maximum atomic E-state index is 12.9. The number of hydrogen-bond donors (Lipinski definition) is 0. The Morgan fingerprint density at radius 3 is 2.75 bits per heavy atom. The first kappa shape index (κ1) is 17.3. The van der Waals surface area contributed by atoms with Gasteiger partial charge in [-0.2, -0.15) is 13.9 Å². The summed E-state index contributed by atoms with van der Waals surface area (Å²) in [5.41, 5.74) is 0.0908. The molecule has 1 spiro atoms. The SMILES string of the molecule is O=C(c1ccn(C(F)F)n1)N1CC[C@@]23OC[C@@H](c4ccccc4)N2C(=O)C[C@@H]13. The first-order chi connectivity index (χ1) is 13.5. The molecule has 146 valence electrons. The third kappa shape index (κ3) is 2.32. The Kier molecular flexibility index (Phi) is 3.77. The lowest BCUT2D eigenvalue weighted by molar-refractivity contribution is -0.138. The highest BCUT2D eigenvalue weighted by molar-refractivity contribution is 5.94. The van der Waals surface area contributed by atoms with Crippen LogP contribution in [0.1, 0.15) is 41.5 Å². The molecule has 0 aliphatic carbocycles. The number of alkyl halides is 2. The number of ether oxygens (including phenoxy) is 1. The van der Waals surface area contributed by atoms with Crippen LogP contribution in [0.25, 0.3) is 0 Å². The van der Waals surface area contributed by atoms with E-state index < -0.39 is 24.2 Å². The second-order valence-corrected chi connectivity index (χ2v) is 7.27. The van der Waals surface area contributed by atoms with E-state index in [-0.39, 0.29) is 24.1 Å². The lowest BCUT2D eigenvalue weighted by Crippen LogP contribution is -2.49. The normalized spacial score (nSPS) is 28.9. The number of amides is 2. The smallest absolute Gasteiger partial charge is 0.333 e. The van der Waals surface area contributed by atoms with Crippen LogP contribution in [0.15, 0.2) is 42.6 Å². The molecule has 28 heavy (non-hydrogen) atoms. The molecule has 3 fully saturated rings. The predicted molar refractivity (Wildman–Crippen MR) is 92.3 cm³/mol. The Morgan fingerprint density at radius 1 is 1.25 bits per heavy atom. The van der Waals surface area contributed by atoms with Crippen LogP contribution in [0.4, 0.5) is 8.78 Å². The molecule has 0 radical (unpaired) electrons. The molecule has 0 unspecified atom stereocenters. The quantitative estimate of drug-likeness (QED) is 0.809. The van der Waals surface area contributed by atoms with Crippen LogP contribution in [-0.4, -0.2) is 56.3 Å². The minimum absolute atomic E-state index is 0.0548. The van der Waals surface area contributed by atoms with Gasteiger partial charge in [0.05, 0.1) is 25.1 Å². The molecule has 3 aliphatic rings. The minimum Gasteiger partial charge on any atom is -0.351 e. The van der Waals surface area contributed by atoms with E-state index in [1.54, 1.807) is 9.80 Å². The van der Waals surface area contributed by atoms with Crippen molar-refractivity contribution in [3.63, 3.8) is 0 Å². The largest absolute Gasteiger partial charge is 0.351 e. The highest BCUT2D eigenvalue weighted by atomic mass is 19.3. The Balaban J connectivity index is 1.43. The molecule has 3 atom stereocenters. The Bertz CT molecular complexity index is 934. The first-order valence-corrected chi connectivity index (χ1v) is 9.16. The maximum Gasteiger partial charge on any atom is 0.333 e. The van der Waals surface area contributed by atoms with E-state index in [1.165, 1.54) is 6.07 Å². The number of nitrogens with zero attached hydrogens (tertiary/aromatic N) is 4. The molecule has 0 N–H and O–H groups in total. The summed E-state index contributed by atoms with van der Waals surface area (Å²) in [6.07, 6.45) is 1.73. The third-order valence-electron chi connectivity index (χ3n) is 5.93. The van der Waals surface area contributed by atoms with Crippen molar-refractivity contribution >= 4 is 11.8 Å². The fourth-order valence-corrected chi connectivity index (χ4v) is 4.72. The molecule has 0 bridgehead atoms. The van der Waals surface area contributed by atoms with E-state index in [0.717, 1.165) is 11.8 Å². The van der Waals surface area contributed by atoms with E-state index >= 15 is 0 Å². The Morgan fingerprint density at radius 2 is 2.04 bits per heavy atom. The van der Waals surface area contributed by atoms with Crippen molar-refractivity contribution in [1.82, 2.24) is 19.6 Å². The van der Waals surface area contributed by atoms with Gasteiger partial charge in [0.2, 0.25) is 5.91 Å². The van der Waals surface area contributed by atoms with E-state index in [1.807, 2.05) is 30.3 Å². The summed E-state index contributed by atoms with van der Waals surface area (Å²) in [5.74, 6) is -0.519. The lowest BCUT2D eigenvalue weighted by Gasteiger charge is -2.33. The van der Waals surface area contributed by atoms with Crippen LogP contribution in [0.5, 0.6) is 0 Å². The summed E-state index contributed by atoms with van der Waals surface area (Å²) in [6.45, 7) is -2.05. The predicted octanol–water partition coefficient (Wildman–Crippen LogP) is 2.19. The van der Waals surface area contributed by atoms with Gasteiger partial charge < -0.3 is 14.5 Å². The van der Waals surface area contributed by atoms with Gasteiger partial charge in [-0.15, -0.1) is 0 Å². The zero-order chi connectivity index (χ0) is 19.5. The van der Waals surface area contributed by atoms with Gasteiger partial charge in [0.1, 0.15) is 0 Å². The van der Waals surface area contributed by atoms with Gasteiger partial charge in [0.15, 0.2) is 11.4 Å². The minimum atomic E-state index is -2.81. The molecule has 3 saturated heterocycles. The van der Waals surface area contributed by atoms with Crippen molar-refractivity contribution in [2.24, 2.45) is 0 Å². The molecular weight excluding hydrogens is 370 g/mol. The molecular formula is C19H18F2N4O3. The summed E-state index contributed by atoms with van der Waals surface area (Å²) in [6, 6.07) is 10.3. The van der Waals surface area contributed by atoms with Crippen LogP contribution < -0.4 is 0 Å². The second kappa shape index (κ2) is 6.10. The summed E-state index contributed by atoms with van der Waals surface area (Å²) >= 11 is 0. The summed E-state index contributed by atoms with van der Waals surface area (Å²) in [5, 5.41) is 3.67. The fraction of sp³-hybridized carbons (Fsp3) is 0.421. The van der Waals surface area contributed by atoms with E-state index in [0.29, 0.717) is 24.3 Å². The standard InChI is InChI=1S/C19H18F2N4O3/c20-18(21)24-8-6-13(22-24)17(27)23-9-7-19-15(23)10-16(26)25(19)14(11-28-19)12-4-2-1-3-5-12/h1-6,8,14-15,18H,7,9-11H2/t14-,15+,19-/m0/s1. The van der Waals surface area contributed by atoms with Crippen molar-refractivity contribution in [2.75, 3.05) is 13.2 Å². The molecule has 2 amide bonds. The molecule has 4 heterocycles. The van der Waals surface area contributed by atoms with Crippen LogP contribution in [0.3, 0.4) is 0 Å². The van der Waals surface area contributed by atoms with Crippen molar-refractivity contribution < 1.29 is 23.1 Å². The Hall–Kier alpha value is -2.81. The summed E-state index contributed by atoms with van der Waals surface area (Å²) < 4.78 is 32.1. The third-order valence-corrected chi connectivity index (χ3v) is 5.93. The molecule has 7 nitrogen and oxygen atoms in total. The van der Waals surface area contributed by atoms with Crippen molar-refractivity contribution in [2.45, 2.75) is 37.2 Å². The number of likely N-dealkylation sites (tertiary alicyclic amines) is 1. The van der Waals surface area contributed by atoms with Gasteiger partial charge in [-0.25, -0.2) is 4.68 Å². The molecule has 3 aliphatic heterocycles. The fourth-order valence-electron chi connectivity index (χ4n) is 4.72. The van der Waals surface area contributed by atoms with Gasteiger partial charge in [-0.3, -0.25) is 9.59 Å². The Labute approximate surface area is 159 Å². The number of rotatable bonds is 3. The zero-order valence-electron chi connectivity index (χ0n) is 14.9. The lowest BCUT2D eigenvalue weighted by atomic mass is 10.0. The topological polar surface area (TPSA) is 67.7 Å².